The number of halogens is 1. The van der Waals surface area contributed by atoms with Crippen LogP contribution in [-0.2, 0) is 0 Å². The van der Waals surface area contributed by atoms with E-state index in [1.54, 1.807) is 12.1 Å². The van der Waals surface area contributed by atoms with Crippen molar-refractivity contribution in [3.05, 3.63) is 42.3 Å². The number of rotatable bonds is 3. The van der Waals surface area contributed by atoms with Gasteiger partial charge in [-0.05, 0) is 24.3 Å². The van der Waals surface area contributed by atoms with Crippen molar-refractivity contribution in [2.24, 2.45) is 0 Å². The Bertz CT molecular complexity index is 558. The first kappa shape index (κ1) is 12.2. The van der Waals surface area contributed by atoms with Crippen molar-refractivity contribution in [2.75, 3.05) is 24.7 Å². The predicted molar refractivity (Wildman–Crippen MR) is 69.5 cm³/mol. The number of anilines is 2. The molecule has 2 rings (SSSR count). The second kappa shape index (κ2) is 4.91. The van der Waals surface area contributed by atoms with Crippen LogP contribution >= 0.6 is 0 Å². The van der Waals surface area contributed by atoms with Crippen molar-refractivity contribution >= 4 is 11.4 Å². The molecule has 0 unspecified atom stereocenters. The summed E-state index contributed by atoms with van der Waals surface area (Å²) >= 11 is 0. The Hall–Kier alpha value is -2.30. The second-order valence-electron chi connectivity index (χ2n) is 4.01. The summed E-state index contributed by atoms with van der Waals surface area (Å²) in [6.07, 6.45) is 1.46. The molecule has 18 heavy (non-hydrogen) atoms. The normalized spacial score (nSPS) is 10.2. The third-order valence-electron chi connectivity index (χ3n) is 2.44. The van der Waals surface area contributed by atoms with Crippen molar-refractivity contribution in [1.29, 1.82) is 0 Å². The molecule has 2 N–H and O–H groups in total. The zero-order chi connectivity index (χ0) is 13.1. The molecule has 4 nitrogen and oxygen atoms in total. The van der Waals surface area contributed by atoms with Crippen LogP contribution in [0.5, 0.6) is 11.6 Å². The minimum absolute atomic E-state index is 0.0832. The van der Waals surface area contributed by atoms with Crippen LogP contribution in [-0.4, -0.2) is 19.1 Å². The number of aromatic nitrogens is 1. The van der Waals surface area contributed by atoms with E-state index in [0.29, 0.717) is 11.4 Å². The van der Waals surface area contributed by atoms with Gasteiger partial charge in [0.25, 0.3) is 5.88 Å². The first-order chi connectivity index (χ1) is 8.58. The molecule has 5 heteroatoms. The summed E-state index contributed by atoms with van der Waals surface area (Å²) in [5.74, 6) is -0.217. The fourth-order valence-electron chi connectivity index (χ4n) is 1.44. The molecule has 0 saturated heterocycles. The lowest BCUT2D eigenvalue weighted by Gasteiger charge is -2.15. The summed E-state index contributed by atoms with van der Waals surface area (Å²) < 4.78 is 18.8. The molecule has 0 atom stereocenters. The molecule has 0 saturated carbocycles. The van der Waals surface area contributed by atoms with Gasteiger partial charge in [0.1, 0.15) is 0 Å². The fourth-order valence-corrected chi connectivity index (χ4v) is 1.44. The molecular formula is C13H14FN3O. The molecule has 1 aromatic heterocycles. The SMILES string of the molecule is CN(C)c1ccc(N)c(Oc2ncccc2F)c1. The maximum atomic E-state index is 13.4. The summed E-state index contributed by atoms with van der Waals surface area (Å²) in [4.78, 5) is 5.73. The van der Waals surface area contributed by atoms with Crippen LogP contribution in [0.2, 0.25) is 0 Å². The lowest BCUT2D eigenvalue weighted by Crippen LogP contribution is -2.09. The minimum atomic E-state index is -0.521. The number of hydrogen-bond acceptors (Lipinski definition) is 4. The first-order valence-corrected chi connectivity index (χ1v) is 5.43. The van der Waals surface area contributed by atoms with Gasteiger partial charge in [-0.2, -0.15) is 0 Å². The zero-order valence-corrected chi connectivity index (χ0v) is 10.2. The summed E-state index contributed by atoms with van der Waals surface area (Å²) in [6.45, 7) is 0. The lowest BCUT2D eigenvalue weighted by atomic mass is 10.2. The molecule has 2 aromatic rings. The van der Waals surface area contributed by atoms with Crippen LogP contribution in [0.1, 0.15) is 0 Å². The summed E-state index contributed by atoms with van der Waals surface area (Å²) in [7, 11) is 3.80. The Balaban J connectivity index is 2.34. The van der Waals surface area contributed by atoms with Gasteiger partial charge in [0.2, 0.25) is 0 Å². The van der Waals surface area contributed by atoms with E-state index in [2.05, 4.69) is 4.98 Å². The average molecular weight is 247 g/mol. The van der Waals surface area contributed by atoms with Crippen LogP contribution in [0.15, 0.2) is 36.5 Å². The van der Waals surface area contributed by atoms with Crippen molar-refractivity contribution in [2.45, 2.75) is 0 Å². The van der Waals surface area contributed by atoms with Crippen molar-refractivity contribution in [3.63, 3.8) is 0 Å². The molecule has 0 aliphatic carbocycles. The largest absolute Gasteiger partial charge is 0.434 e. The minimum Gasteiger partial charge on any atom is -0.434 e. The van der Waals surface area contributed by atoms with Gasteiger partial charge in [-0.25, -0.2) is 9.37 Å². The van der Waals surface area contributed by atoms with Gasteiger partial charge in [0, 0.05) is 32.0 Å². The van der Waals surface area contributed by atoms with Crippen LogP contribution < -0.4 is 15.4 Å². The van der Waals surface area contributed by atoms with E-state index >= 15 is 0 Å². The van der Waals surface area contributed by atoms with Gasteiger partial charge in [-0.1, -0.05) is 0 Å². The number of nitrogens with zero attached hydrogens (tertiary/aromatic N) is 2. The first-order valence-electron chi connectivity index (χ1n) is 5.43. The smallest absolute Gasteiger partial charge is 0.255 e. The summed E-state index contributed by atoms with van der Waals surface area (Å²) in [6, 6.07) is 8.10. The molecule has 0 amide bonds. The fraction of sp³-hybridized carbons (Fsp3) is 0.154. The monoisotopic (exact) mass is 247 g/mol. The molecule has 0 fully saturated rings. The van der Waals surface area contributed by atoms with Gasteiger partial charge in [0.05, 0.1) is 5.69 Å². The molecule has 1 aromatic carbocycles. The van der Waals surface area contributed by atoms with Gasteiger partial charge in [0.15, 0.2) is 11.6 Å². The molecule has 0 bridgehead atoms. The molecule has 1 heterocycles. The molecule has 0 radical (unpaired) electrons. The summed E-state index contributed by atoms with van der Waals surface area (Å²) in [5, 5.41) is 0. The topological polar surface area (TPSA) is 51.4 Å². The third kappa shape index (κ3) is 2.51. The highest BCUT2D eigenvalue weighted by molar-refractivity contribution is 5.62. The van der Waals surface area contributed by atoms with Gasteiger partial charge in [-0.3, -0.25) is 0 Å². The third-order valence-corrected chi connectivity index (χ3v) is 2.44. The standard InChI is InChI=1S/C13H14FN3O/c1-17(2)9-5-6-11(15)12(8-9)18-13-10(14)4-3-7-16-13/h3-8H,15H2,1-2H3. The van der Waals surface area contributed by atoms with Crippen molar-refractivity contribution < 1.29 is 9.13 Å². The second-order valence-corrected chi connectivity index (χ2v) is 4.01. The van der Waals surface area contributed by atoms with Crippen LogP contribution in [0.3, 0.4) is 0 Å². The van der Waals surface area contributed by atoms with E-state index < -0.39 is 5.82 Å². The van der Waals surface area contributed by atoms with Gasteiger partial charge < -0.3 is 15.4 Å². The van der Waals surface area contributed by atoms with Crippen LogP contribution in [0.4, 0.5) is 15.8 Å². The van der Waals surface area contributed by atoms with Crippen molar-refractivity contribution in [1.82, 2.24) is 4.98 Å². The highest BCUT2D eigenvalue weighted by Gasteiger charge is 2.09. The highest BCUT2D eigenvalue weighted by atomic mass is 19.1. The molecule has 0 aliphatic rings. The zero-order valence-electron chi connectivity index (χ0n) is 10.2. The molecule has 94 valence electrons. The maximum Gasteiger partial charge on any atom is 0.255 e. The van der Waals surface area contributed by atoms with Gasteiger partial charge >= 0.3 is 0 Å². The number of ether oxygens (including phenoxy) is 1. The average Bonchev–Trinajstić information content (AvgIpc) is 2.34. The van der Waals surface area contributed by atoms with E-state index in [1.807, 2.05) is 25.1 Å². The number of pyridine rings is 1. The van der Waals surface area contributed by atoms with E-state index in [4.69, 9.17) is 10.5 Å². The summed E-state index contributed by atoms with van der Waals surface area (Å²) in [5.41, 5.74) is 7.14. The Morgan fingerprint density at radius 3 is 2.72 bits per heavy atom. The Morgan fingerprint density at radius 2 is 2.06 bits per heavy atom. The number of nitrogens with two attached hydrogens (primary N) is 1. The lowest BCUT2D eigenvalue weighted by molar-refractivity contribution is 0.424. The van der Waals surface area contributed by atoms with E-state index in [1.165, 1.54) is 18.3 Å². The maximum absolute atomic E-state index is 13.4. The van der Waals surface area contributed by atoms with Gasteiger partial charge in [-0.15, -0.1) is 0 Å². The van der Waals surface area contributed by atoms with Crippen molar-refractivity contribution in [3.8, 4) is 11.6 Å². The van der Waals surface area contributed by atoms with E-state index in [-0.39, 0.29) is 5.88 Å². The Labute approximate surface area is 105 Å². The Morgan fingerprint density at radius 1 is 1.28 bits per heavy atom. The number of hydrogen-bond donors (Lipinski definition) is 1. The van der Waals surface area contributed by atoms with Crippen LogP contribution in [0.25, 0.3) is 0 Å². The number of nitrogen functional groups attached to an aromatic ring is 1. The highest BCUT2D eigenvalue weighted by Crippen LogP contribution is 2.31. The van der Waals surface area contributed by atoms with Crippen LogP contribution in [0, 0.1) is 5.82 Å². The van der Waals surface area contributed by atoms with E-state index in [9.17, 15) is 4.39 Å². The Kier molecular flexibility index (Phi) is 3.32. The number of benzene rings is 1. The molecule has 0 aliphatic heterocycles. The quantitative estimate of drug-likeness (QED) is 0.847. The van der Waals surface area contributed by atoms with E-state index in [0.717, 1.165) is 5.69 Å². The molecular weight excluding hydrogens is 233 g/mol. The molecule has 0 spiro atoms. The predicted octanol–water partition coefficient (Wildman–Crippen LogP) is 2.66.